The highest BCUT2D eigenvalue weighted by atomic mass is 19.1. The van der Waals surface area contributed by atoms with Crippen LogP contribution >= 0.6 is 0 Å². The number of benzene rings is 1. The van der Waals surface area contributed by atoms with Crippen LogP contribution in [-0.4, -0.2) is 20.8 Å². The Morgan fingerprint density at radius 1 is 1.33 bits per heavy atom. The standard InChI is InChI=1S/C17H17FN4O2/c1-10-8-19-22(9-10)15-5-4-13(7-14(15)18)12(3)20-17(23)16-6-11(2)21-24-16/h4-9,12H,1-3H3,(H,20,23)/t12-/m0/s1. The van der Waals surface area contributed by atoms with Crippen LogP contribution in [0.15, 0.2) is 41.2 Å². The molecule has 0 aliphatic carbocycles. The molecule has 0 spiro atoms. The number of nitrogens with one attached hydrogen (secondary N) is 1. The van der Waals surface area contributed by atoms with E-state index in [1.54, 1.807) is 44.4 Å². The van der Waals surface area contributed by atoms with Gasteiger partial charge in [-0.1, -0.05) is 11.2 Å². The molecule has 6 nitrogen and oxygen atoms in total. The molecule has 24 heavy (non-hydrogen) atoms. The van der Waals surface area contributed by atoms with Crippen LogP contribution in [0.25, 0.3) is 5.69 Å². The van der Waals surface area contributed by atoms with Crippen LogP contribution in [0.5, 0.6) is 0 Å². The van der Waals surface area contributed by atoms with Crippen LogP contribution in [0, 0.1) is 19.7 Å². The number of aromatic nitrogens is 3. The van der Waals surface area contributed by atoms with E-state index < -0.39 is 11.7 Å². The summed E-state index contributed by atoms with van der Waals surface area (Å²) in [5.74, 6) is -0.675. The molecule has 124 valence electrons. The number of aryl methyl sites for hydroxylation is 2. The van der Waals surface area contributed by atoms with Crippen molar-refractivity contribution in [1.29, 1.82) is 0 Å². The van der Waals surface area contributed by atoms with E-state index in [0.717, 1.165) is 5.56 Å². The zero-order valence-corrected chi connectivity index (χ0v) is 13.6. The summed E-state index contributed by atoms with van der Waals surface area (Å²) in [4.78, 5) is 12.1. The van der Waals surface area contributed by atoms with Gasteiger partial charge in [0.1, 0.15) is 11.5 Å². The number of carbonyl (C=O) groups excluding carboxylic acids is 1. The van der Waals surface area contributed by atoms with Gasteiger partial charge in [-0.05, 0) is 44.0 Å². The van der Waals surface area contributed by atoms with Crippen molar-refractivity contribution in [2.24, 2.45) is 0 Å². The topological polar surface area (TPSA) is 73.0 Å². The molecule has 0 saturated carbocycles. The summed E-state index contributed by atoms with van der Waals surface area (Å²) in [7, 11) is 0. The van der Waals surface area contributed by atoms with E-state index in [2.05, 4.69) is 15.6 Å². The Balaban J connectivity index is 1.77. The van der Waals surface area contributed by atoms with Crippen molar-refractivity contribution >= 4 is 5.91 Å². The molecule has 0 aliphatic heterocycles. The molecule has 1 aromatic carbocycles. The third-order valence-electron chi connectivity index (χ3n) is 3.63. The second kappa shape index (κ2) is 6.27. The maximum atomic E-state index is 14.4. The lowest BCUT2D eigenvalue weighted by molar-refractivity contribution is 0.0902. The lowest BCUT2D eigenvalue weighted by atomic mass is 10.1. The van der Waals surface area contributed by atoms with Crippen LogP contribution in [0.2, 0.25) is 0 Å². The van der Waals surface area contributed by atoms with Gasteiger partial charge in [0.25, 0.3) is 5.91 Å². The number of halogens is 1. The second-order valence-corrected chi connectivity index (χ2v) is 5.70. The maximum Gasteiger partial charge on any atom is 0.290 e. The molecule has 2 heterocycles. The first-order valence-corrected chi connectivity index (χ1v) is 7.49. The number of hydrogen-bond acceptors (Lipinski definition) is 4. The van der Waals surface area contributed by atoms with Gasteiger partial charge in [-0.3, -0.25) is 4.79 Å². The van der Waals surface area contributed by atoms with Crippen molar-refractivity contribution in [3.63, 3.8) is 0 Å². The SMILES string of the molecule is Cc1cnn(-c2ccc([C@H](C)NC(=O)c3cc(C)no3)cc2F)c1. The summed E-state index contributed by atoms with van der Waals surface area (Å²) in [6, 6.07) is 5.95. The first kappa shape index (κ1) is 15.9. The molecule has 0 fully saturated rings. The van der Waals surface area contributed by atoms with E-state index in [9.17, 15) is 9.18 Å². The number of nitrogens with zero attached hydrogens (tertiary/aromatic N) is 3. The average molecular weight is 328 g/mol. The van der Waals surface area contributed by atoms with Gasteiger partial charge in [-0.2, -0.15) is 5.10 Å². The van der Waals surface area contributed by atoms with Crippen molar-refractivity contribution in [3.8, 4) is 5.69 Å². The fraction of sp³-hybridized carbons (Fsp3) is 0.235. The average Bonchev–Trinajstić information content (AvgIpc) is 3.15. The lowest BCUT2D eigenvalue weighted by Gasteiger charge is -2.14. The van der Waals surface area contributed by atoms with Crippen molar-refractivity contribution in [2.45, 2.75) is 26.8 Å². The summed E-state index contributed by atoms with van der Waals surface area (Å²) in [5, 5.41) is 10.5. The highest BCUT2D eigenvalue weighted by molar-refractivity contribution is 5.91. The van der Waals surface area contributed by atoms with Crippen LogP contribution in [0.4, 0.5) is 4.39 Å². The van der Waals surface area contributed by atoms with Gasteiger partial charge in [-0.15, -0.1) is 0 Å². The van der Waals surface area contributed by atoms with Crippen LogP contribution < -0.4 is 5.32 Å². The van der Waals surface area contributed by atoms with Gasteiger partial charge < -0.3 is 9.84 Å². The molecule has 1 N–H and O–H groups in total. The van der Waals surface area contributed by atoms with Crippen molar-refractivity contribution < 1.29 is 13.7 Å². The smallest absolute Gasteiger partial charge is 0.290 e. The van der Waals surface area contributed by atoms with Crippen molar-refractivity contribution in [1.82, 2.24) is 20.3 Å². The van der Waals surface area contributed by atoms with E-state index in [0.29, 0.717) is 16.9 Å². The molecular formula is C17H17FN4O2. The first-order valence-electron chi connectivity index (χ1n) is 7.49. The molecule has 0 unspecified atom stereocenters. The molecule has 3 aromatic rings. The summed E-state index contributed by atoms with van der Waals surface area (Å²) >= 11 is 0. The highest BCUT2D eigenvalue weighted by Gasteiger charge is 2.17. The predicted octanol–water partition coefficient (Wildman–Crippen LogP) is 3.11. The minimum atomic E-state index is -0.410. The van der Waals surface area contributed by atoms with Gasteiger partial charge in [0.2, 0.25) is 5.76 Å². The van der Waals surface area contributed by atoms with Crippen molar-refractivity contribution in [2.75, 3.05) is 0 Å². The number of hydrogen-bond donors (Lipinski definition) is 1. The van der Waals surface area contributed by atoms with Crippen LogP contribution in [0.3, 0.4) is 0 Å². The van der Waals surface area contributed by atoms with E-state index >= 15 is 0 Å². The second-order valence-electron chi connectivity index (χ2n) is 5.70. The molecule has 7 heteroatoms. The molecule has 0 saturated heterocycles. The Kier molecular flexibility index (Phi) is 4.16. The van der Waals surface area contributed by atoms with Gasteiger partial charge in [0.05, 0.1) is 17.9 Å². The molecule has 2 aromatic heterocycles. The zero-order valence-electron chi connectivity index (χ0n) is 13.6. The Labute approximate surface area is 138 Å². The Hall–Kier alpha value is -2.96. The van der Waals surface area contributed by atoms with E-state index in [1.807, 2.05) is 6.92 Å². The minimum absolute atomic E-state index is 0.128. The molecule has 0 aliphatic rings. The largest absolute Gasteiger partial charge is 0.351 e. The Morgan fingerprint density at radius 2 is 2.12 bits per heavy atom. The molecule has 1 amide bonds. The number of carbonyl (C=O) groups is 1. The fourth-order valence-corrected chi connectivity index (χ4v) is 2.34. The predicted molar refractivity (Wildman–Crippen MR) is 85.4 cm³/mol. The van der Waals surface area contributed by atoms with Gasteiger partial charge in [0.15, 0.2) is 0 Å². The van der Waals surface area contributed by atoms with Crippen LogP contribution in [-0.2, 0) is 0 Å². The number of amides is 1. The molecule has 3 rings (SSSR count). The lowest BCUT2D eigenvalue weighted by Crippen LogP contribution is -2.26. The number of rotatable bonds is 4. The molecule has 1 atom stereocenters. The normalized spacial score (nSPS) is 12.2. The zero-order chi connectivity index (χ0) is 17.3. The quantitative estimate of drug-likeness (QED) is 0.799. The third kappa shape index (κ3) is 3.19. The van der Waals surface area contributed by atoms with Gasteiger partial charge >= 0.3 is 0 Å². The van der Waals surface area contributed by atoms with Crippen molar-refractivity contribution in [3.05, 3.63) is 65.1 Å². The summed E-state index contributed by atoms with van der Waals surface area (Å²) in [5.41, 5.74) is 2.57. The van der Waals surface area contributed by atoms with E-state index in [4.69, 9.17) is 4.52 Å². The summed E-state index contributed by atoms with van der Waals surface area (Å²) < 4.78 is 20.8. The van der Waals surface area contributed by atoms with Crippen LogP contribution in [0.1, 0.15) is 40.3 Å². The first-order chi connectivity index (χ1) is 11.4. The Bertz CT molecular complexity index is 884. The maximum absolute atomic E-state index is 14.4. The van der Waals surface area contributed by atoms with E-state index in [-0.39, 0.29) is 11.8 Å². The minimum Gasteiger partial charge on any atom is -0.351 e. The Morgan fingerprint density at radius 3 is 2.71 bits per heavy atom. The van der Waals surface area contributed by atoms with Gasteiger partial charge in [-0.25, -0.2) is 9.07 Å². The van der Waals surface area contributed by atoms with E-state index in [1.165, 1.54) is 10.7 Å². The molecule has 0 radical (unpaired) electrons. The summed E-state index contributed by atoms with van der Waals surface area (Å²) in [6.07, 6.45) is 3.41. The molecular weight excluding hydrogens is 311 g/mol. The summed E-state index contributed by atoms with van der Waals surface area (Å²) in [6.45, 7) is 5.39. The van der Waals surface area contributed by atoms with Gasteiger partial charge in [0, 0.05) is 12.3 Å². The monoisotopic (exact) mass is 328 g/mol. The fourth-order valence-electron chi connectivity index (χ4n) is 2.34. The highest BCUT2D eigenvalue weighted by Crippen LogP contribution is 2.20. The molecule has 0 bridgehead atoms. The third-order valence-corrected chi connectivity index (χ3v) is 3.63.